The van der Waals surface area contributed by atoms with Gasteiger partial charge in [-0.1, -0.05) is 18.2 Å². The van der Waals surface area contributed by atoms with E-state index in [-0.39, 0.29) is 0 Å². The van der Waals surface area contributed by atoms with Crippen molar-refractivity contribution in [3.8, 4) is 0 Å². The summed E-state index contributed by atoms with van der Waals surface area (Å²) in [5, 5.41) is 0. The van der Waals surface area contributed by atoms with Gasteiger partial charge in [-0.05, 0) is 13.0 Å². The Kier molecular flexibility index (Phi) is 4.26. The number of esters is 1. The fraction of sp³-hybridized carbons (Fsp3) is 0.571. The van der Waals surface area contributed by atoms with Crippen molar-refractivity contribution in [2.45, 2.75) is 18.7 Å². The van der Waals surface area contributed by atoms with E-state index in [1.165, 1.54) is 0 Å². The van der Waals surface area contributed by atoms with E-state index in [4.69, 9.17) is 11.6 Å². The number of rotatable bonds is 3. The molecule has 0 saturated heterocycles. The first-order chi connectivity index (χ1) is 5.79. The van der Waals surface area contributed by atoms with E-state index >= 15 is 0 Å². The van der Waals surface area contributed by atoms with Gasteiger partial charge in [-0.15, -0.1) is 0 Å². The summed E-state index contributed by atoms with van der Waals surface area (Å²) in [5.74, 6) is -3.58. The third-order valence-corrected chi connectivity index (χ3v) is 1.53. The van der Waals surface area contributed by atoms with Crippen molar-refractivity contribution in [1.82, 2.24) is 0 Å². The Labute approximate surface area is 78.3 Å². The second-order valence-electron chi connectivity index (χ2n) is 2.29. The molecule has 0 rings (SSSR count). The van der Waals surface area contributed by atoms with E-state index < -0.39 is 23.6 Å². The average Bonchev–Trinajstić information content (AvgIpc) is 2.01. The van der Waals surface area contributed by atoms with E-state index in [2.05, 4.69) is 11.3 Å². The van der Waals surface area contributed by atoms with E-state index in [1.807, 2.05) is 0 Å². The Morgan fingerprint density at radius 3 is 2.38 bits per heavy atom. The molecule has 0 spiro atoms. The predicted octanol–water partition coefficient (Wildman–Crippen LogP) is 2.48. The molecule has 0 fully saturated rings. The highest BCUT2D eigenvalue weighted by Crippen LogP contribution is 2.27. The van der Waals surface area contributed by atoms with Crippen LogP contribution in [0, 0.1) is 5.92 Å². The number of hydrogen-bond donors (Lipinski definition) is 0. The highest BCUT2D eigenvalue weighted by atomic mass is 35.5. The highest BCUT2D eigenvalue weighted by molar-refractivity contribution is 6.21. The third-order valence-electron chi connectivity index (χ3n) is 1.26. The molecular formula is C7H8ClF3O2. The summed E-state index contributed by atoms with van der Waals surface area (Å²) in [5.41, 5.74) is -1.22. The molecule has 0 aromatic carbocycles. The number of hydrogen-bond acceptors (Lipinski definition) is 2. The lowest BCUT2D eigenvalue weighted by molar-refractivity contribution is -0.194. The maximum atomic E-state index is 11.9. The fourth-order valence-corrected chi connectivity index (χ4v) is 0.483. The van der Waals surface area contributed by atoms with Crippen LogP contribution in [0.15, 0.2) is 12.7 Å². The van der Waals surface area contributed by atoms with Gasteiger partial charge >= 0.3 is 12.1 Å². The summed E-state index contributed by atoms with van der Waals surface area (Å²) in [6, 6.07) is 0. The maximum Gasteiger partial charge on any atom is 0.401 e. The Balaban J connectivity index is 4.20. The lowest BCUT2D eigenvalue weighted by Gasteiger charge is -2.15. The summed E-state index contributed by atoms with van der Waals surface area (Å²) in [4.78, 5) is 10.7. The van der Waals surface area contributed by atoms with Crippen molar-refractivity contribution >= 4 is 17.6 Å². The summed E-state index contributed by atoms with van der Waals surface area (Å²) in [6.45, 7) is 3.85. The lowest BCUT2D eigenvalue weighted by atomic mass is 10.2. The molecule has 0 N–H and O–H groups in total. The molecule has 0 aliphatic heterocycles. The summed E-state index contributed by atoms with van der Waals surface area (Å²) in [6.07, 6.45) is -3.59. The summed E-state index contributed by atoms with van der Waals surface area (Å²) < 4.78 is 39.8. The minimum atomic E-state index is -4.60. The van der Waals surface area contributed by atoms with Crippen LogP contribution >= 0.6 is 11.6 Å². The number of halogens is 4. The minimum Gasteiger partial charge on any atom is -0.442 e. The van der Waals surface area contributed by atoms with Gasteiger partial charge in [0, 0.05) is 0 Å². The van der Waals surface area contributed by atoms with Crippen LogP contribution in [0.2, 0.25) is 0 Å². The second kappa shape index (κ2) is 4.50. The van der Waals surface area contributed by atoms with Gasteiger partial charge < -0.3 is 4.74 Å². The first-order valence-corrected chi connectivity index (χ1v) is 3.76. The van der Waals surface area contributed by atoms with E-state index in [9.17, 15) is 18.0 Å². The van der Waals surface area contributed by atoms with Crippen LogP contribution in [-0.2, 0) is 9.53 Å². The molecule has 2 unspecified atom stereocenters. The number of carbonyl (C=O) groups is 1. The minimum absolute atomic E-state index is 0.703. The van der Waals surface area contributed by atoms with Crippen LogP contribution in [0.3, 0.4) is 0 Å². The average molecular weight is 217 g/mol. The van der Waals surface area contributed by atoms with Crippen LogP contribution in [0.5, 0.6) is 0 Å². The SMILES string of the molecule is C=CC(Cl)OC(=O)C(C)C(F)(F)F. The molecule has 0 bridgehead atoms. The monoisotopic (exact) mass is 216 g/mol. The van der Waals surface area contributed by atoms with Crippen molar-refractivity contribution in [1.29, 1.82) is 0 Å². The van der Waals surface area contributed by atoms with Gasteiger partial charge in [-0.25, -0.2) is 0 Å². The number of ether oxygens (including phenoxy) is 1. The second-order valence-corrected chi connectivity index (χ2v) is 2.72. The zero-order valence-corrected chi connectivity index (χ0v) is 7.52. The molecule has 0 heterocycles. The Morgan fingerprint density at radius 1 is 1.62 bits per heavy atom. The van der Waals surface area contributed by atoms with Crippen LogP contribution in [0.4, 0.5) is 13.2 Å². The summed E-state index contributed by atoms with van der Waals surface area (Å²) in [7, 11) is 0. The van der Waals surface area contributed by atoms with Gasteiger partial charge in [0.05, 0.1) is 0 Å². The van der Waals surface area contributed by atoms with Crippen LogP contribution in [-0.4, -0.2) is 17.7 Å². The standard InChI is InChI=1S/C7H8ClF3O2/c1-3-5(8)13-6(12)4(2)7(9,10)11/h3-5H,1H2,2H3. The van der Waals surface area contributed by atoms with E-state index in [0.717, 1.165) is 6.08 Å². The largest absolute Gasteiger partial charge is 0.442 e. The molecule has 0 saturated carbocycles. The quantitative estimate of drug-likeness (QED) is 0.412. The lowest BCUT2D eigenvalue weighted by Crippen LogP contribution is -2.30. The number of alkyl halides is 4. The highest BCUT2D eigenvalue weighted by Gasteiger charge is 2.42. The molecule has 0 amide bonds. The molecular weight excluding hydrogens is 209 g/mol. The van der Waals surface area contributed by atoms with Gasteiger partial charge in [0.25, 0.3) is 0 Å². The van der Waals surface area contributed by atoms with E-state index in [0.29, 0.717) is 6.92 Å². The molecule has 0 aliphatic carbocycles. The molecule has 0 radical (unpaired) electrons. The maximum absolute atomic E-state index is 11.9. The van der Waals surface area contributed by atoms with Crippen LogP contribution < -0.4 is 0 Å². The molecule has 2 atom stereocenters. The third kappa shape index (κ3) is 4.17. The normalized spacial score (nSPS) is 16.1. The zero-order chi connectivity index (χ0) is 10.6. The smallest absolute Gasteiger partial charge is 0.401 e. The van der Waals surface area contributed by atoms with Gasteiger partial charge in [-0.2, -0.15) is 13.2 Å². The van der Waals surface area contributed by atoms with Crippen molar-refractivity contribution in [3.63, 3.8) is 0 Å². The number of carbonyl (C=O) groups excluding carboxylic acids is 1. The van der Waals surface area contributed by atoms with Crippen LogP contribution in [0.25, 0.3) is 0 Å². The van der Waals surface area contributed by atoms with Crippen LogP contribution in [0.1, 0.15) is 6.92 Å². The first-order valence-electron chi connectivity index (χ1n) is 3.33. The predicted molar refractivity (Wildman–Crippen MR) is 41.1 cm³/mol. The molecule has 0 aromatic heterocycles. The van der Waals surface area contributed by atoms with Gasteiger partial charge in [-0.3, -0.25) is 4.79 Å². The zero-order valence-electron chi connectivity index (χ0n) is 6.77. The van der Waals surface area contributed by atoms with Crippen molar-refractivity contribution < 1.29 is 22.7 Å². The van der Waals surface area contributed by atoms with Gasteiger partial charge in [0.1, 0.15) is 5.92 Å². The molecule has 2 nitrogen and oxygen atoms in total. The summed E-state index contributed by atoms with van der Waals surface area (Å²) >= 11 is 5.23. The van der Waals surface area contributed by atoms with Crippen molar-refractivity contribution in [2.75, 3.05) is 0 Å². The molecule has 6 heteroatoms. The first kappa shape index (κ1) is 12.3. The Bertz CT molecular complexity index is 202. The van der Waals surface area contributed by atoms with E-state index in [1.54, 1.807) is 0 Å². The Hall–Kier alpha value is -0.710. The molecule has 13 heavy (non-hydrogen) atoms. The Morgan fingerprint density at radius 2 is 2.08 bits per heavy atom. The topological polar surface area (TPSA) is 26.3 Å². The fourth-order valence-electron chi connectivity index (χ4n) is 0.395. The van der Waals surface area contributed by atoms with Crippen molar-refractivity contribution in [2.24, 2.45) is 5.92 Å². The van der Waals surface area contributed by atoms with Crippen molar-refractivity contribution in [3.05, 3.63) is 12.7 Å². The molecule has 0 aliphatic rings. The van der Waals surface area contributed by atoms with Gasteiger partial charge in [0.2, 0.25) is 0 Å². The molecule has 0 aromatic rings. The van der Waals surface area contributed by atoms with Gasteiger partial charge in [0.15, 0.2) is 5.56 Å². The molecule has 76 valence electrons.